The van der Waals surface area contributed by atoms with Gasteiger partial charge in [0, 0.05) is 26.0 Å². The molecule has 0 N–H and O–H groups in total. The van der Waals surface area contributed by atoms with E-state index in [2.05, 4.69) is 19.6 Å². The highest BCUT2D eigenvalue weighted by atomic mass is 16.7. The third kappa shape index (κ3) is 8.51. The number of cyclic esters (lactones) is 1. The summed E-state index contributed by atoms with van der Waals surface area (Å²) < 4.78 is 27.3. The molecule has 180 valence electrons. The lowest BCUT2D eigenvalue weighted by atomic mass is 9.93. The number of esters is 2. The van der Waals surface area contributed by atoms with E-state index in [0.717, 1.165) is 12.0 Å². The molecule has 0 spiro atoms. The molecule has 7 heteroatoms. The summed E-state index contributed by atoms with van der Waals surface area (Å²) in [4.78, 5) is 25.0. The fourth-order valence-electron chi connectivity index (χ4n) is 3.61. The molecule has 1 aliphatic heterocycles. The van der Waals surface area contributed by atoms with E-state index < -0.39 is 18.0 Å². The summed E-state index contributed by atoms with van der Waals surface area (Å²) in [6, 6.07) is 5.50. The maximum absolute atomic E-state index is 13.2. The Labute approximate surface area is 196 Å². The maximum Gasteiger partial charge on any atom is 0.342 e. The molecule has 0 aromatic heterocycles. The van der Waals surface area contributed by atoms with Gasteiger partial charge in [-0.15, -0.1) is 0 Å². The highest BCUT2D eigenvalue weighted by molar-refractivity contribution is 5.94. The first kappa shape index (κ1) is 26.4. The van der Waals surface area contributed by atoms with Crippen molar-refractivity contribution in [2.45, 2.75) is 44.8 Å². The number of methoxy groups -OCH3 is 2. The van der Waals surface area contributed by atoms with Crippen molar-refractivity contribution in [3.05, 3.63) is 66.3 Å². The lowest BCUT2D eigenvalue weighted by molar-refractivity contribution is -0.136. The van der Waals surface area contributed by atoms with Crippen LogP contribution in [0.15, 0.2) is 55.2 Å². The normalized spacial score (nSPS) is 21.4. The van der Waals surface area contributed by atoms with Crippen molar-refractivity contribution < 1.29 is 33.3 Å². The first-order valence-electron chi connectivity index (χ1n) is 11.1. The molecular formula is C26H34O7. The average Bonchev–Trinajstić information content (AvgIpc) is 2.81. The molecule has 1 aromatic rings. The van der Waals surface area contributed by atoms with Crippen molar-refractivity contribution in [2.24, 2.45) is 5.92 Å². The molecule has 2 rings (SSSR count). The number of hydrogen-bond donors (Lipinski definition) is 0. The van der Waals surface area contributed by atoms with Crippen LogP contribution >= 0.6 is 0 Å². The molecule has 0 saturated carbocycles. The highest BCUT2D eigenvalue weighted by Gasteiger charge is 2.27. The van der Waals surface area contributed by atoms with Gasteiger partial charge < -0.3 is 23.7 Å². The Kier molecular flexibility index (Phi) is 11.4. The number of benzene rings is 1. The number of allylic oxidation sites excluding steroid dienone is 2. The van der Waals surface area contributed by atoms with Crippen LogP contribution in [0.1, 0.15) is 42.1 Å². The first-order chi connectivity index (χ1) is 16.0. The van der Waals surface area contributed by atoms with Gasteiger partial charge in [-0.2, -0.15) is 0 Å². The Morgan fingerprint density at radius 3 is 2.82 bits per heavy atom. The Bertz CT molecular complexity index is 843. The van der Waals surface area contributed by atoms with Crippen LogP contribution < -0.4 is 4.74 Å². The van der Waals surface area contributed by atoms with E-state index in [-0.39, 0.29) is 25.4 Å². The van der Waals surface area contributed by atoms with Crippen LogP contribution in [0.25, 0.3) is 0 Å². The summed E-state index contributed by atoms with van der Waals surface area (Å²) in [5.41, 5.74) is 1.24. The van der Waals surface area contributed by atoms with Gasteiger partial charge in [0.25, 0.3) is 0 Å². The standard InChI is InChI=1S/C26H34O7/c1-5-16-31-24(27)15-9-13-21-17-23(32-18-29-3)19(2)10-6-7-11-20-12-8-14-22(30-4)25(20)26(28)33-21/h5-9,12,14-15,19,21,23H,1,10-11,13,16-18H2,2-4H3/t19-,21-,23+/m0/s1. The van der Waals surface area contributed by atoms with E-state index in [0.29, 0.717) is 30.6 Å². The Balaban J connectivity index is 2.32. The number of carbonyl (C=O) groups is 2. The zero-order valence-electron chi connectivity index (χ0n) is 19.7. The van der Waals surface area contributed by atoms with Crippen LogP contribution in [-0.2, 0) is 30.2 Å². The molecule has 1 heterocycles. The minimum atomic E-state index is -0.522. The van der Waals surface area contributed by atoms with E-state index >= 15 is 0 Å². The van der Waals surface area contributed by atoms with Crippen molar-refractivity contribution in [1.29, 1.82) is 0 Å². The summed E-state index contributed by atoms with van der Waals surface area (Å²) in [6.45, 7) is 5.89. The molecule has 1 aromatic carbocycles. The largest absolute Gasteiger partial charge is 0.496 e. The number of rotatable bonds is 9. The minimum absolute atomic E-state index is 0.135. The molecule has 0 radical (unpaired) electrons. The smallest absolute Gasteiger partial charge is 0.342 e. The molecule has 7 nitrogen and oxygen atoms in total. The van der Waals surface area contributed by atoms with Crippen molar-refractivity contribution in [3.8, 4) is 5.75 Å². The second-order valence-electron chi connectivity index (χ2n) is 7.81. The van der Waals surface area contributed by atoms with Gasteiger partial charge in [-0.1, -0.05) is 49.9 Å². The quantitative estimate of drug-likeness (QED) is 0.235. The van der Waals surface area contributed by atoms with Gasteiger partial charge in [0.15, 0.2) is 0 Å². The fraction of sp³-hybridized carbons (Fsp3) is 0.462. The zero-order chi connectivity index (χ0) is 24.1. The SMILES string of the molecule is C=CCOC(=O)C=CC[C@H]1C[C@@H](OCOC)[C@@H](C)CC=CCc2cccc(OC)c2C(=O)O1. The molecule has 33 heavy (non-hydrogen) atoms. The van der Waals surface area contributed by atoms with Crippen molar-refractivity contribution in [2.75, 3.05) is 27.6 Å². The molecule has 0 fully saturated rings. The third-order valence-corrected chi connectivity index (χ3v) is 5.35. The number of hydrogen-bond acceptors (Lipinski definition) is 7. The van der Waals surface area contributed by atoms with E-state index in [1.54, 1.807) is 19.3 Å². The molecule has 0 unspecified atom stereocenters. The Hall–Kier alpha value is -2.90. The van der Waals surface area contributed by atoms with E-state index in [9.17, 15) is 9.59 Å². The first-order valence-corrected chi connectivity index (χ1v) is 11.1. The summed E-state index contributed by atoms with van der Waals surface area (Å²) in [7, 11) is 3.10. The molecule has 0 aliphatic carbocycles. The molecule has 0 saturated heterocycles. The van der Waals surface area contributed by atoms with Gasteiger partial charge in [0.2, 0.25) is 0 Å². The van der Waals surface area contributed by atoms with E-state index in [1.165, 1.54) is 19.3 Å². The molecule has 3 atom stereocenters. The van der Waals surface area contributed by atoms with Gasteiger partial charge in [-0.25, -0.2) is 9.59 Å². The lowest BCUT2D eigenvalue weighted by Crippen LogP contribution is -2.31. The molecule has 1 aliphatic rings. The minimum Gasteiger partial charge on any atom is -0.496 e. The Morgan fingerprint density at radius 2 is 2.09 bits per heavy atom. The van der Waals surface area contributed by atoms with Gasteiger partial charge in [0.1, 0.15) is 30.8 Å². The van der Waals surface area contributed by atoms with Crippen LogP contribution in [-0.4, -0.2) is 51.8 Å². The van der Waals surface area contributed by atoms with Gasteiger partial charge in [-0.05, 0) is 30.4 Å². The van der Waals surface area contributed by atoms with Crippen LogP contribution in [0.4, 0.5) is 0 Å². The van der Waals surface area contributed by atoms with Crippen LogP contribution in [0, 0.1) is 5.92 Å². The predicted octanol–water partition coefficient (Wildman–Crippen LogP) is 4.41. The second kappa shape index (κ2) is 14.3. The molecule has 0 bridgehead atoms. The van der Waals surface area contributed by atoms with Crippen molar-refractivity contribution in [3.63, 3.8) is 0 Å². The highest BCUT2D eigenvalue weighted by Crippen LogP contribution is 2.28. The summed E-state index contributed by atoms with van der Waals surface area (Å²) in [6.07, 6.45) is 10.1. The molecular weight excluding hydrogens is 424 g/mol. The molecule has 0 amide bonds. The van der Waals surface area contributed by atoms with Crippen molar-refractivity contribution >= 4 is 11.9 Å². The summed E-state index contributed by atoms with van der Waals surface area (Å²) in [5, 5.41) is 0. The average molecular weight is 459 g/mol. The third-order valence-electron chi connectivity index (χ3n) is 5.35. The number of fused-ring (bicyclic) bond motifs is 1. The van der Waals surface area contributed by atoms with Crippen LogP contribution in [0.5, 0.6) is 5.75 Å². The van der Waals surface area contributed by atoms with E-state index in [1.807, 2.05) is 18.2 Å². The lowest BCUT2D eigenvalue weighted by Gasteiger charge is -2.28. The number of carbonyl (C=O) groups excluding carboxylic acids is 2. The zero-order valence-corrected chi connectivity index (χ0v) is 19.7. The number of ether oxygens (including phenoxy) is 5. The Morgan fingerprint density at radius 1 is 1.27 bits per heavy atom. The summed E-state index contributed by atoms with van der Waals surface area (Å²) in [5.74, 6) is -0.316. The second-order valence-corrected chi connectivity index (χ2v) is 7.81. The van der Waals surface area contributed by atoms with E-state index in [4.69, 9.17) is 23.7 Å². The van der Waals surface area contributed by atoms with Gasteiger partial charge in [0.05, 0.1) is 13.2 Å². The van der Waals surface area contributed by atoms with Crippen LogP contribution in [0.2, 0.25) is 0 Å². The fourth-order valence-corrected chi connectivity index (χ4v) is 3.61. The maximum atomic E-state index is 13.2. The predicted molar refractivity (Wildman–Crippen MR) is 125 cm³/mol. The summed E-state index contributed by atoms with van der Waals surface area (Å²) >= 11 is 0. The monoisotopic (exact) mass is 458 g/mol. The topological polar surface area (TPSA) is 80.3 Å². The van der Waals surface area contributed by atoms with Gasteiger partial charge in [-0.3, -0.25) is 0 Å². The van der Waals surface area contributed by atoms with Crippen molar-refractivity contribution in [1.82, 2.24) is 0 Å². The van der Waals surface area contributed by atoms with Crippen LogP contribution in [0.3, 0.4) is 0 Å². The van der Waals surface area contributed by atoms with Gasteiger partial charge >= 0.3 is 11.9 Å².